The average Bonchev–Trinajstić information content (AvgIpc) is 2.92. The molecule has 0 aliphatic heterocycles. The first kappa shape index (κ1) is 13.4. The fraction of sp³-hybridized carbons (Fsp3) is 0.417. The molecule has 2 rings (SSSR count). The van der Waals surface area contributed by atoms with Gasteiger partial charge in [-0.1, -0.05) is 22.9 Å². The van der Waals surface area contributed by atoms with Crippen molar-refractivity contribution in [2.45, 2.75) is 25.6 Å². The number of hydrogen-bond acceptors (Lipinski definition) is 1. The van der Waals surface area contributed by atoms with Crippen LogP contribution in [0.2, 0.25) is 0 Å². The summed E-state index contributed by atoms with van der Waals surface area (Å²) >= 11 is 2.98. The van der Waals surface area contributed by atoms with Crippen LogP contribution >= 0.6 is 15.9 Å². The van der Waals surface area contributed by atoms with E-state index in [9.17, 15) is 18.0 Å². The summed E-state index contributed by atoms with van der Waals surface area (Å²) in [4.78, 5) is 11.8. The summed E-state index contributed by atoms with van der Waals surface area (Å²) in [7, 11) is 0. The summed E-state index contributed by atoms with van der Waals surface area (Å²) in [6.07, 6.45) is -3.71. The van der Waals surface area contributed by atoms with Crippen LogP contribution in [0.4, 0.5) is 13.2 Å². The lowest BCUT2D eigenvalue weighted by atomic mass is 10.1. The van der Waals surface area contributed by atoms with Gasteiger partial charge in [-0.15, -0.1) is 0 Å². The Balaban J connectivity index is 2.29. The Bertz CT molecular complexity index is 487. The molecule has 2 atom stereocenters. The first-order valence-electron chi connectivity index (χ1n) is 5.46. The summed E-state index contributed by atoms with van der Waals surface area (Å²) < 4.78 is 38.8. The van der Waals surface area contributed by atoms with E-state index in [4.69, 9.17) is 0 Å². The zero-order valence-corrected chi connectivity index (χ0v) is 11.1. The van der Waals surface area contributed by atoms with Crippen molar-refractivity contribution in [3.8, 4) is 0 Å². The Hall–Kier alpha value is -1.04. The molecule has 2 unspecified atom stereocenters. The molecule has 2 nitrogen and oxygen atoms in total. The molecule has 0 spiro atoms. The normalized spacial score (nSPS) is 22.7. The summed E-state index contributed by atoms with van der Waals surface area (Å²) in [6, 6.07) is 3.54. The van der Waals surface area contributed by atoms with Crippen LogP contribution in [-0.4, -0.2) is 11.9 Å². The lowest BCUT2D eigenvalue weighted by Crippen LogP contribution is -2.28. The topological polar surface area (TPSA) is 29.1 Å². The van der Waals surface area contributed by atoms with E-state index in [1.165, 1.54) is 12.1 Å². The van der Waals surface area contributed by atoms with Gasteiger partial charge in [0, 0.05) is 10.5 Å². The number of amides is 1. The van der Waals surface area contributed by atoms with E-state index >= 15 is 0 Å². The summed E-state index contributed by atoms with van der Waals surface area (Å²) in [5.41, 5.74) is -1.24. The molecular formula is C12H11BrF3NO. The van der Waals surface area contributed by atoms with Gasteiger partial charge in [0.2, 0.25) is 0 Å². The highest BCUT2D eigenvalue weighted by Gasteiger charge is 2.38. The van der Waals surface area contributed by atoms with Crippen molar-refractivity contribution in [2.75, 3.05) is 0 Å². The second-order valence-electron chi connectivity index (χ2n) is 4.48. The molecule has 98 valence electrons. The standard InChI is InChI=1S/C12H11BrF3NO/c1-6-4-10(6)17-11(18)8-3-2-7(13)5-9(8)12(14,15)16/h2-3,5-6,10H,4H2,1H3,(H,17,18). The number of carbonyl (C=O) groups excluding carboxylic acids is 1. The van der Waals surface area contributed by atoms with E-state index in [-0.39, 0.29) is 11.6 Å². The Morgan fingerprint density at radius 1 is 1.44 bits per heavy atom. The maximum Gasteiger partial charge on any atom is 0.417 e. The summed E-state index contributed by atoms with van der Waals surface area (Å²) in [5.74, 6) is -0.317. The molecule has 1 aliphatic carbocycles. The number of carbonyl (C=O) groups is 1. The fourth-order valence-corrected chi connectivity index (χ4v) is 2.08. The van der Waals surface area contributed by atoms with Gasteiger partial charge in [-0.2, -0.15) is 13.2 Å². The monoisotopic (exact) mass is 321 g/mol. The maximum absolute atomic E-state index is 12.8. The quantitative estimate of drug-likeness (QED) is 0.885. The minimum Gasteiger partial charge on any atom is -0.349 e. The lowest BCUT2D eigenvalue weighted by Gasteiger charge is -2.13. The third kappa shape index (κ3) is 2.85. The number of nitrogens with one attached hydrogen (secondary N) is 1. The van der Waals surface area contributed by atoms with Crippen LogP contribution in [0, 0.1) is 5.92 Å². The Morgan fingerprint density at radius 2 is 2.06 bits per heavy atom. The number of benzene rings is 1. The summed E-state index contributed by atoms with van der Waals surface area (Å²) in [5, 5.41) is 2.60. The molecular weight excluding hydrogens is 311 g/mol. The van der Waals surface area contributed by atoms with E-state index in [0.717, 1.165) is 12.5 Å². The van der Waals surface area contributed by atoms with Crippen molar-refractivity contribution >= 4 is 21.8 Å². The van der Waals surface area contributed by atoms with Gasteiger partial charge in [0.1, 0.15) is 0 Å². The van der Waals surface area contributed by atoms with E-state index in [1.807, 2.05) is 6.92 Å². The van der Waals surface area contributed by atoms with Gasteiger partial charge in [0.25, 0.3) is 5.91 Å². The van der Waals surface area contributed by atoms with Crippen molar-refractivity contribution < 1.29 is 18.0 Å². The molecule has 1 aromatic rings. The molecule has 0 radical (unpaired) electrons. The SMILES string of the molecule is CC1CC1NC(=O)c1ccc(Br)cc1C(F)(F)F. The van der Waals surface area contributed by atoms with Crippen LogP contribution in [-0.2, 0) is 6.18 Å². The van der Waals surface area contributed by atoms with Crippen molar-refractivity contribution in [1.29, 1.82) is 0 Å². The van der Waals surface area contributed by atoms with Gasteiger partial charge in [-0.25, -0.2) is 0 Å². The third-order valence-corrected chi connectivity index (χ3v) is 3.45. The van der Waals surface area contributed by atoms with Gasteiger partial charge in [-0.3, -0.25) is 4.79 Å². The fourth-order valence-electron chi connectivity index (χ4n) is 1.72. The van der Waals surface area contributed by atoms with Gasteiger partial charge >= 0.3 is 6.18 Å². The molecule has 18 heavy (non-hydrogen) atoms. The Morgan fingerprint density at radius 3 is 2.56 bits per heavy atom. The first-order chi connectivity index (χ1) is 8.29. The molecule has 1 aliphatic rings. The molecule has 1 N–H and O–H groups in total. The lowest BCUT2D eigenvalue weighted by molar-refractivity contribution is -0.138. The van der Waals surface area contributed by atoms with Crippen LogP contribution in [0.15, 0.2) is 22.7 Å². The Labute approximate surface area is 111 Å². The molecule has 1 saturated carbocycles. The van der Waals surface area contributed by atoms with Crippen LogP contribution in [0.5, 0.6) is 0 Å². The number of hydrogen-bond donors (Lipinski definition) is 1. The zero-order valence-electron chi connectivity index (χ0n) is 9.51. The highest BCUT2D eigenvalue weighted by molar-refractivity contribution is 9.10. The van der Waals surface area contributed by atoms with Crippen molar-refractivity contribution in [3.05, 3.63) is 33.8 Å². The minimum atomic E-state index is -4.54. The van der Waals surface area contributed by atoms with Crippen LogP contribution in [0.1, 0.15) is 29.3 Å². The summed E-state index contributed by atoms with van der Waals surface area (Å²) in [6.45, 7) is 1.94. The molecule has 0 aromatic heterocycles. The predicted molar refractivity (Wildman–Crippen MR) is 64.2 cm³/mol. The van der Waals surface area contributed by atoms with Crippen molar-refractivity contribution in [2.24, 2.45) is 5.92 Å². The first-order valence-corrected chi connectivity index (χ1v) is 6.26. The van der Waals surface area contributed by atoms with E-state index in [1.54, 1.807) is 0 Å². The van der Waals surface area contributed by atoms with Crippen LogP contribution < -0.4 is 5.32 Å². The average molecular weight is 322 g/mol. The molecule has 1 fully saturated rings. The number of alkyl halides is 3. The van der Waals surface area contributed by atoms with Crippen molar-refractivity contribution in [3.63, 3.8) is 0 Å². The zero-order chi connectivity index (χ0) is 13.5. The number of rotatable bonds is 2. The number of halogens is 4. The van der Waals surface area contributed by atoms with E-state index < -0.39 is 17.6 Å². The molecule has 6 heteroatoms. The van der Waals surface area contributed by atoms with Crippen molar-refractivity contribution in [1.82, 2.24) is 5.32 Å². The second-order valence-corrected chi connectivity index (χ2v) is 5.40. The van der Waals surface area contributed by atoms with E-state index in [0.29, 0.717) is 10.4 Å². The van der Waals surface area contributed by atoms with Gasteiger partial charge < -0.3 is 5.32 Å². The van der Waals surface area contributed by atoms with E-state index in [2.05, 4.69) is 21.2 Å². The molecule has 0 bridgehead atoms. The Kier molecular flexibility index (Phi) is 3.40. The highest BCUT2D eigenvalue weighted by Crippen LogP contribution is 2.35. The highest BCUT2D eigenvalue weighted by atomic mass is 79.9. The van der Waals surface area contributed by atoms with Gasteiger partial charge in [0.05, 0.1) is 11.1 Å². The predicted octanol–water partition coefficient (Wildman–Crippen LogP) is 3.61. The van der Waals surface area contributed by atoms with Crippen LogP contribution in [0.3, 0.4) is 0 Å². The van der Waals surface area contributed by atoms with Crippen LogP contribution in [0.25, 0.3) is 0 Å². The second kappa shape index (κ2) is 4.57. The van der Waals surface area contributed by atoms with Gasteiger partial charge in [0.15, 0.2) is 0 Å². The minimum absolute atomic E-state index is 0.00207. The molecule has 1 aromatic carbocycles. The third-order valence-electron chi connectivity index (χ3n) is 2.96. The molecule has 0 heterocycles. The largest absolute Gasteiger partial charge is 0.417 e. The smallest absolute Gasteiger partial charge is 0.349 e. The molecule has 1 amide bonds. The van der Waals surface area contributed by atoms with Gasteiger partial charge in [-0.05, 0) is 30.5 Å². The molecule has 0 saturated heterocycles. The maximum atomic E-state index is 12.8.